The summed E-state index contributed by atoms with van der Waals surface area (Å²) in [5.74, 6) is 0.383. The van der Waals surface area contributed by atoms with Gasteiger partial charge in [-0.1, -0.05) is 25.1 Å². The Morgan fingerprint density at radius 2 is 2.19 bits per heavy atom. The second-order valence-electron chi connectivity index (χ2n) is 6.61. The van der Waals surface area contributed by atoms with Crippen LogP contribution in [0.4, 0.5) is 10.2 Å². The third kappa shape index (κ3) is 3.55. The highest BCUT2D eigenvalue weighted by atomic mass is 35.5. The van der Waals surface area contributed by atoms with Crippen LogP contribution in [0.5, 0.6) is 0 Å². The van der Waals surface area contributed by atoms with Crippen molar-refractivity contribution in [2.75, 3.05) is 18.5 Å². The zero-order valence-corrected chi connectivity index (χ0v) is 15.4. The standard InChI is InChI=1S/C19H19ClFN3O2/c1-11(25)14-9-17(15-8-13(20)4-5-16(15)21)23-24-18(14)22-10-19(3)6-7-26-12(19)2/h4-5,8-9H,2,6-7,10H2,1,3H3,(H,22,24). The summed E-state index contributed by atoms with van der Waals surface area (Å²) in [6.45, 7) is 8.52. The third-order valence-electron chi connectivity index (χ3n) is 4.63. The maximum atomic E-state index is 14.1. The Labute approximate surface area is 156 Å². The van der Waals surface area contributed by atoms with Crippen molar-refractivity contribution < 1.29 is 13.9 Å². The summed E-state index contributed by atoms with van der Waals surface area (Å²) in [5, 5.41) is 11.7. The van der Waals surface area contributed by atoms with Crippen LogP contribution in [0.25, 0.3) is 11.3 Å². The summed E-state index contributed by atoms with van der Waals surface area (Å²) >= 11 is 5.94. The summed E-state index contributed by atoms with van der Waals surface area (Å²) in [6, 6.07) is 5.69. The number of hydrogen-bond donors (Lipinski definition) is 1. The van der Waals surface area contributed by atoms with Crippen molar-refractivity contribution >= 4 is 23.2 Å². The second kappa shape index (κ2) is 7.03. The van der Waals surface area contributed by atoms with Crippen LogP contribution >= 0.6 is 11.6 Å². The number of benzene rings is 1. The molecule has 1 aliphatic heterocycles. The maximum absolute atomic E-state index is 14.1. The van der Waals surface area contributed by atoms with Crippen molar-refractivity contribution in [2.24, 2.45) is 5.41 Å². The van der Waals surface area contributed by atoms with Crippen molar-refractivity contribution in [2.45, 2.75) is 20.3 Å². The topological polar surface area (TPSA) is 64.1 Å². The number of rotatable bonds is 5. The van der Waals surface area contributed by atoms with Gasteiger partial charge in [0.1, 0.15) is 5.82 Å². The van der Waals surface area contributed by atoms with E-state index in [1.165, 1.54) is 31.2 Å². The summed E-state index contributed by atoms with van der Waals surface area (Å²) in [6.07, 6.45) is 0.827. The molecule has 7 heteroatoms. The Balaban J connectivity index is 1.91. The van der Waals surface area contributed by atoms with Crippen LogP contribution in [0.2, 0.25) is 5.02 Å². The van der Waals surface area contributed by atoms with Gasteiger partial charge in [-0.15, -0.1) is 10.2 Å². The summed E-state index contributed by atoms with van der Waals surface area (Å²) in [4.78, 5) is 12.1. The number of nitrogens with zero attached hydrogens (tertiary/aromatic N) is 2. The molecule has 2 aromatic rings. The highest BCUT2D eigenvalue weighted by molar-refractivity contribution is 6.30. The number of carbonyl (C=O) groups is 1. The lowest BCUT2D eigenvalue weighted by Gasteiger charge is -2.23. The lowest BCUT2D eigenvalue weighted by atomic mass is 9.87. The molecule has 0 spiro atoms. The van der Waals surface area contributed by atoms with E-state index in [2.05, 4.69) is 22.1 Å². The maximum Gasteiger partial charge on any atom is 0.163 e. The molecule has 1 aliphatic rings. The van der Waals surface area contributed by atoms with Gasteiger partial charge in [0.05, 0.1) is 23.6 Å². The first kappa shape index (κ1) is 18.3. The first-order valence-electron chi connectivity index (χ1n) is 8.20. The lowest BCUT2D eigenvalue weighted by molar-refractivity contribution is 0.101. The van der Waals surface area contributed by atoms with E-state index in [1.807, 2.05) is 6.92 Å². The van der Waals surface area contributed by atoms with Gasteiger partial charge < -0.3 is 10.1 Å². The number of hydrogen-bond acceptors (Lipinski definition) is 5. The van der Waals surface area contributed by atoms with Crippen LogP contribution in [0.15, 0.2) is 36.6 Å². The number of ether oxygens (including phenoxy) is 1. The first-order chi connectivity index (χ1) is 12.3. The Kier molecular flexibility index (Phi) is 4.96. The highest BCUT2D eigenvalue weighted by Crippen LogP contribution is 2.37. The van der Waals surface area contributed by atoms with E-state index in [4.69, 9.17) is 16.3 Å². The number of ketones is 1. The zero-order chi connectivity index (χ0) is 18.9. The van der Waals surface area contributed by atoms with Crippen molar-refractivity contribution in [3.8, 4) is 11.3 Å². The number of nitrogens with one attached hydrogen (secondary N) is 1. The summed E-state index contributed by atoms with van der Waals surface area (Å²) in [5.41, 5.74) is 0.541. The molecule has 1 N–H and O–H groups in total. The van der Waals surface area contributed by atoms with E-state index in [0.717, 1.165) is 6.42 Å². The Hall–Kier alpha value is -2.47. The third-order valence-corrected chi connectivity index (χ3v) is 4.86. The minimum Gasteiger partial charge on any atom is -0.498 e. The van der Waals surface area contributed by atoms with Crippen LogP contribution < -0.4 is 5.32 Å². The van der Waals surface area contributed by atoms with Crippen molar-refractivity contribution in [3.05, 3.63) is 53.0 Å². The average molecular weight is 376 g/mol. The van der Waals surface area contributed by atoms with Gasteiger partial charge in [0.25, 0.3) is 0 Å². The van der Waals surface area contributed by atoms with Gasteiger partial charge in [0.2, 0.25) is 0 Å². The van der Waals surface area contributed by atoms with Crippen molar-refractivity contribution in [1.29, 1.82) is 0 Å². The number of anilines is 1. The van der Waals surface area contributed by atoms with E-state index in [-0.39, 0.29) is 22.5 Å². The normalized spacial score (nSPS) is 19.3. The Bertz CT molecular complexity index is 887. The molecule has 0 bridgehead atoms. The minimum absolute atomic E-state index is 0.197. The van der Waals surface area contributed by atoms with Gasteiger partial charge in [0.15, 0.2) is 11.6 Å². The van der Waals surface area contributed by atoms with Crippen molar-refractivity contribution in [3.63, 3.8) is 0 Å². The monoisotopic (exact) mass is 375 g/mol. The molecule has 1 aromatic carbocycles. The molecule has 1 aromatic heterocycles. The van der Waals surface area contributed by atoms with Crippen LogP contribution in [-0.4, -0.2) is 29.1 Å². The Morgan fingerprint density at radius 3 is 2.85 bits per heavy atom. The fraction of sp³-hybridized carbons (Fsp3) is 0.316. The van der Waals surface area contributed by atoms with Crippen molar-refractivity contribution in [1.82, 2.24) is 10.2 Å². The number of aromatic nitrogens is 2. The van der Waals surface area contributed by atoms with Gasteiger partial charge >= 0.3 is 0 Å². The molecule has 3 rings (SSSR count). The van der Waals surface area contributed by atoms with E-state index in [1.54, 1.807) is 0 Å². The molecule has 0 radical (unpaired) electrons. The number of halogens is 2. The molecule has 5 nitrogen and oxygen atoms in total. The van der Waals surface area contributed by atoms with Crippen LogP contribution in [-0.2, 0) is 4.74 Å². The van der Waals surface area contributed by atoms with E-state index in [0.29, 0.717) is 35.3 Å². The largest absolute Gasteiger partial charge is 0.498 e. The Morgan fingerprint density at radius 1 is 1.42 bits per heavy atom. The van der Waals surface area contributed by atoms with Gasteiger partial charge in [-0.2, -0.15) is 0 Å². The molecule has 2 heterocycles. The smallest absolute Gasteiger partial charge is 0.163 e. The molecular formula is C19H19ClFN3O2. The molecule has 1 atom stereocenters. The van der Waals surface area contributed by atoms with Crippen LogP contribution in [0, 0.1) is 11.2 Å². The lowest BCUT2D eigenvalue weighted by Crippen LogP contribution is -2.26. The fourth-order valence-corrected chi connectivity index (χ4v) is 2.97. The molecule has 26 heavy (non-hydrogen) atoms. The highest BCUT2D eigenvalue weighted by Gasteiger charge is 2.34. The van der Waals surface area contributed by atoms with Gasteiger partial charge in [-0.25, -0.2) is 4.39 Å². The van der Waals surface area contributed by atoms with E-state index >= 15 is 0 Å². The molecule has 1 unspecified atom stereocenters. The van der Waals surface area contributed by atoms with Gasteiger partial charge in [0, 0.05) is 22.5 Å². The fourth-order valence-electron chi connectivity index (χ4n) is 2.79. The molecule has 136 valence electrons. The molecule has 0 saturated carbocycles. The van der Waals surface area contributed by atoms with Crippen LogP contribution in [0.1, 0.15) is 30.6 Å². The minimum atomic E-state index is -0.481. The number of Topliss-reactive ketones (excluding diaryl/α,β-unsaturated/α-hetero) is 1. The quantitative estimate of drug-likeness (QED) is 0.780. The molecular weight excluding hydrogens is 357 g/mol. The van der Waals surface area contributed by atoms with E-state index in [9.17, 15) is 9.18 Å². The van der Waals surface area contributed by atoms with Crippen LogP contribution in [0.3, 0.4) is 0 Å². The second-order valence-corrected chi connectivity index (χ2v) is 7.04. The molecule has 0 aliphatic carbocycles. The van der Waals surface area contributed by atoms with E-state index < -0.39 is 5.82 Å². The average Bonchev–Trinajstić information content (AvgIpc) is 2.94. The predicted molar refractivity (Wildman–Crippen MR) is 98.7 cm³/mol. The SMILES string of the molecule is C=C1OCCC1(C)CNc1nnc(-c2cc(Cl)ccc2F)cc1C(C)=O. The molecule has 1 saturated heterocycles. The summed E-state index contributed by atoms with van der Waals surface area (Å²) < 4.78 is 19.5. The first-order valence-corrected chi connectivity index (χ1v) is 8.58. The predicted octanol–water partition coefficient (Wildman–Crippen LogP) is 4.49. The van der Waals surface area contributed by atoms with Gasteiger partial charge in [-0.3, -0.25) is 4.79 Å². The molecule has 0 amide bonds. The zero-order valence-electron chi connectivity index (χ0n) is 14.6. The summed E-state index contributed by atoms with van der Waals surface area (Å²) in [7, 11) is 0. The number of carbonyl (C=O) groups excluding carboxylic acids is 1. The molecule has 1 fully saturated rings. The van der Waals surface area contributed by atoms with Gasteiger partial charge in [-0.05, 0) is 37.6 Å².